The van der Waals surface area contributed by atoms with Gasteiger partial charge in [0.2, 0.25) is 9.84 Å². The van der Waals surface area contributed by atoms with E-state index in [2.05, 4.69) is 4.98 Å². The van der Waals surface area contributed by atoms with Crippen molar-refractivity contribution in [2.45, 2.75) is 11.9 Å². The zero-order valence-electron chi connectivity index (χ0n) is 8.27. The molecule has 1 N–H and O–H groups in total. The van der Waals surface area contributed by atoms with Crippen molar-refractivity contribution in [3.8, 4) is 0 Å². The van der Waals surface area contributed by atoms with Crippen LogP contribution in [0.5, 0.6) is 0 Å². The van der Waals surface area contributed by atoms with Crippen molar-refractivity contribution >= 4 is 20.7 Å². The number of hydrogen-bond donors (Lipinski definition) is 1. The molecule has 0 unspecified atom stereocenters. The lowest BCUT2D eigenvalue weighted by molar-refractivity contribution is 0.602. The molecular formula is C11H11NO2S. The lowest BCUT2D eigenvalue weighted by Crippen LogP contribution is -1.95. The maximum absolute atomic E-state index is 11.7. The molecule has 1 aromatic heterocycles. The quantitative estimate of drug-likeness (QED) is 0.847. The van der Waals surface area contributed by atoms with Crippen LogP contribution in [-0.2, 0) is 9.84 Å². The number of para-hydroxylation sites is 1. The summed E-state index contributed by atoms with van der Waals surface area (Å²) < 4.78 is 23.4. The molecule has 78 valence electrons. The van der Waals surface area contributed by atoms with Gasteiger partial charge < -0.3 is 4.98 Å². The Labute approximate surface area is 88.4 Å². The van der Waals surface area contributed by atoms with Gasteiger partial charge in [-0.25, -0.2) is 8.42 Å². The Morgan fingerprint density at radius 3 is 2.67 bits per heavy atom. The fourth-order valence-electron chi connectivity index (χ4n) is 1.45. The van der Waals surface area contributed by atoms with Gasteiger partial charge in [-0.2, -0.15) is 0 Å². The molecule has 3 nitrogen and oxygen atoms in total. The monoisotopic (exact) mass is 221 g/mol. The maximum Gasteiger partial charge on any atom is 0.214 e. The Morgan fingerprint density at radius 1 is 1.27 bits per heavy atom. The van der Waals surface area contributed by atoms with Gasteiger partial charge in [0, 0.05) is 16.3 Å². The summed E-state index contributed by atoms with van der Waals surface area (Å²) in [6.45, 7) is 1.68. The van der Waals surface area contributed by atoms with E-state index in [-0.39, 0.29) is 5.03 Å². The second-order valence-electron chi connectivity index (χ2n) is 3.24. The summed E-state index contributed by atoms with van der Waals surface area (Å²) in [5.74, 6) is 0. The SMILES string of the molecule is CC=CS(=O)(=O)c1cc2ccccc2[nH]1. The van der Waals surface area contributed by atoms with Crippen LogP contribution in [0.4, 0.5) is 0 Å². The van der Waals surface area contributed by atoms with Gasteiger partial charge in [-0.05, 0) is 19.1 Å². The predicted molar refractivity (Wildman–Crippen MR) is 60.3 cm³/mol. The first-order chi connectivity index (χ1) is 7.13. The van der Waals surface area contributed by atoms with Gasteiger partial charge in [-0.1, -0.05) is 24.3 Å². The Kier molecular flexibility index (Phi) is 2.36. The summed E-state index contributed by atoms with van der Waals surface area (Å²) >= 11 is 0. The molecule has 0 spiro atoms. The highest BCUT2D eigenvalue weighted by Gasteiger charge is 2.12. The smallest absolute Gasteiger partial charge is 0.214 e. The van der Waals surface area contributed by atoms with E-state index in [0.717, 1.165) is 10.9 Å². The van der Waals surface area contributed by atoms with Crippen molar-refractivity contribution in [2.75, 3.05) is 0 Å². The van der Waals surface area contributed by atoms with Crippen LogP contribution >= 0.6 is 0 Å². The summed E-state index contributed by atoms with van der Waals surface area (Å²) in [7, 11) is -3.31. The van der Waals surface area contributed by atoms with Crippen LogP contribution in [0.2, 0.25) is 0 Å². The molecule has 0 atom stereocenters. The largest absolute Gasteiger partial charge is 0.345 e. The van der Waals surface area contributed by atoms with Crippen LogP contribution in [0.3, 0.4) is 0 Å². The van der Waals surface area contributed by atoms with E-state index in [0.29, 0.717) is 0 Å². The van der Waals surface area contributed by atoms with E-state index in [1.807, 2.05) is 24.3 Å². The van der Waals surface area contributed by atoms with Crippen molar-refractivity contribution in [3.05, 3.63) is 41.8 Å². The molecule has 4 heteroatoms. The van der Waals surface area contributed by atoms with Crippen LogP contribution in [0.15, 0.2) is 46.8 Å². The molecule has 0 fully saturated rings. The number of fused-ring (bicyclic) bond motifs is 1. The van der Waals surface area contributed by atoms with Gasteiger partial charge in [0.05, 0.1) is 0 Å². The van der Waals surface area contributed by atoms with Gasteiger partial charge in [-0.15, -0.1) is 0 Å². The molecule has 1 aromatic carbocycles. The summed E-state index contributed by atoms with van der Waals surface area (Å²) in [5.41, 5.74) is 0.834. The topological polar surface area (TPSA) is 49.9 Å². The first-order valence-corrected chi connectivity index (χ1v) is 6.13. The highest BCUT2D eigenvalue weighted by molar-refractivity contribution is 7.94. The summed E-state index contributed by atoms with van der Waals surface area (Å²) in [4.78, 5) is 2.88. The van der Waals surface area contributed by atoms with Crippen molar-refractivity contribution in [1.82, 2.24) is 4.98 Å². The van der Waals surface area contributed by atoms with E-state index in [1.54, 1.807) is 13.0 Å². The molecule has 15 heavy (non-hydrogen) atoms. The number of allylic oxidation sites excluding steroid dienone is 1. The number of hydrogen-bond acceptors (Lipinski definition) is 2. The van der Waals surface area contributed by atoms with Gasteiger partial charge in [0.1, 0.15) is 5.03 Å². The highest BCUT2D eigenvalue weighted by atomic mass is 32.2. The summed E-state index contributed by atoms with van der Waals surface area (Å²) in [6.07, 6.45) is 1.51. The molecule has 0 radical (unpaired) electrons. The van der Waals surface area contributed by atoms with Gasteiger partial charge in [-0.3, -0.25) is 0 Å². The molecule has 2 rings (SSSR count). The average Bonchev–Trinajstić information content (AvgIpc) is 2.61. The number of aromatic nitrogens is 1. The molecule has 0 aliphatic rings. The molecule has 0 amide bonds. The number of sulfone groups is 1. The lowest BCUT2D eigenvalue weighted by Gasteiger charge is -1.91. The van der Waals surface area contributed by atoms with E-state index >= 15 is 0 Å². The van der Waals surface area contributed by atoms with E-state index in [9.17, 15) is 8.42 Å². The molecule has 2 aromatic rings. The number of nitrogens with one attached hydrogen (secondary N) is 1. The third-order valence-corrected chi connectivity index (χ3v) is 3.59. The molecule has 0 aliphatic carbocycles. The number of aromatic amines is 1. The predicted octanol–water partition coefficient (Wildman–Crippen LogP) is 2.48. The first kappa shape index (κ1) is 9.98. The van der Waals surface area contributed by atoms with Gasteiger partial charge in [0.25, 0.3) is 0 Å². The van der Waals surface area contributed by atoms with E-state index in [1.165, 1.54) is 11.5 Å². The van der Waals surface area contributed by atoms with Gasteiger partial charge >= 0.3 is 0 Å². The maximum atomic E-state index is 11.7. The van der Waals surface area contributed by atoms with E-state index in [4.69, 9.17) is 0 Å². The molecule has 0 bridgehead atoms. The Balaban J connectivity index is 2.64. The zero-order valence-corrected chi connectivity index (χ0v) is 9.08. The fraction of sp³-hybridized carbons (Fsp3) is 0.0909. The standard InChI is InChI=1S/C11H11NO2S/c1-2-7-15(13,14)11-8-9-5-3-4-6-10(9)12-11/h2-8,12H,1H3. The van der Waals surface area contributed by atoms with Crippen LogP contribution in [0, 0.1) is 0 Å². The first-order valence-electron chi connectivity index (χ1n) is 4.59. The second-order valence-corrected chi connectivity index (χ2v) is 5.04. The van der Waals surface area contributed by atoms with Crippen molar-refractivity contribution in [3.63, 3.8) is 0 Å². The Bertz CT molecular complexity index is 575. The molecular weight excluding hydrogens is 210 g/mol. The third-order valence-electron chi connectivity index (χ3n) is 2.13. The minimum absolute atomic E-state index is 0.238. The fourth-order valence-corrected chi connectivity index (χ4v) is 2.50. The Morgan fingerprint density at radius 2 is 2.00 bits per heavy atom. The van der Waals surface area contributed by atoms with Crippen LogP contribution < -0.4 is 0 Å². The van der Waals surface area contributed by atoms with Crippen molar-refractivity contribution < 1.29 is 8.42 Å². The van der Waals surface area contributed by atoms with Crippen LogP contribution in [0.25, 0.3) is 10.9 Å². The lowest BCUT2D eigenvalue weighted by atomic mass is 10.3. The van der Waals surface area contributed by atoms with Crippen LogP contribution in [0.1, 0.15) is 6.92 Å². The minimum atomic E-state index is -3.31. The molecule has 0 aliphatic heterocycles. The Hall–Kier alpha value is -1.55. The molecule has 0 saturated carbocycles. The molecule has 0 saturated heterocycles. The highest BCUT2D eigenvalue weighted by Crippen LogP contribution is 2.19. The van der Waals surface area contributed by atoms with Gasteiger partial charge in [0.15, 0.2) is 0 Å². The van der Waals surface area contributed by atoms with Crippen LogP contribution in [-0.4, -0.2) is 13.4 Å². The minimum Gasteiger partial charge on any atom is -0.345 e. The summed E-state index contributed by atoms with van der Waals surface area (Å²) in [6, 6.07) is 9.11. The number of H-pyrrole nitrogens is 1. The summed E-state index contributed by atoms with van der Waals surface area (Å²) in [5, 5.41) is 2.33. The van der Waals surface area contributed by atoms with Crippen molar-refractivity contribution in [1.29, 1.82) is 0 Å². The number of benzene rings is 1. The number of rotatable bonds is 2. The average molecular weight is 221 g/mol. The second kappa shape index (κ2) is 3.55. The molecule has 1 heterocycles. The normalized spacial score (nSPS) is 12.6. The van der Waals surface area contributed by atoms with E-state index < -0.39 is 9.84 Å². The zero-order chi connectivity index (χ0) is 10.9. The third kappa shape index (κ3) is 1.80. The van der Waals surface area contributed by atoms with Crippen molar-refractivity contribution in [2.24, 2.45) is 0 Å².